The molecule has 2 N–H and O–H groups in total. The van der Waals surface area contributed by atoms with E-state index in [-0.39, 0.29) is 6.03 Å². The SMILES string of the molecule is CCn1nc(C)c(CNC(=O)Nc2cc(C)ccc2C)c1C. The number of aromatic nitrogens is 2. The van der Waals surface area contributed by atoms with E-state index in [2.05, 4.69) is 22.7 Å². The number of urea groups is 1. The summed E-state index contributed by atoms with van der Waals surface area (Å²) in [6.45, 7) is 11.4. The summed E-state index contributed by atoms with van der Waals surface area (Å²) in [5, 5.41) is 10.3. The van der Waals surface area contributed by atoms with Gasteiger partial charge >= 0.3 is 6.03 Å². The molecule has 5 nitrogen and oxygen atoms in total. The normalized spacial score (nSPS) is 10.6. The molecule has 0 radical (unpaired) electrons. The number of carbonyl (C=O) groups is 1. The predicted octanol–water partition coefficient (Wildman–Crippen LogP) is 3.46. The average Bonchev–Trinajstić information content (AvgIpc) is 2.75. The number of anilines is 1. The van der Waals surface area contributed by atoms with Crippen LogP contribution in [0.3, 0.4) is 0 Å². The first-order chi connectivity index (χ1) is 10.4. The van der Waals surface area contributed by atoms with E-state index < -0.39 is 0 Å². The van der Waals surface area contributed by atoms with Crippen LogP contribution < -0.4 is 10.6 Å². The molecule has 118 valence electrons. The molecule has 2 amide bonds. The van der Waals surface area contributed by atoms with Crippen LogP contribution >= 0.6 is 0 Å². The molecule has 2 rings (SSSR count). The fourth-order valence-corrected chi connectivity index (χ4v) is 2.50. The molecule has 0 bridgehead atoms. The van der Waals surface area contributed by atoms with Crippen molar-refractivity contribution >= 4 is 11.7 Å². The lowest BCUT2D eigenvalue weighted by molar-refractivity contribution is 0.251. The van der Waals surface area contributed by atoms with Crippen molar-refractivity contribution in [3.63, 3.8) is 0 Å². The molecule has 5 heteroatoms. The highest BCUT2D eigenvalue weighted by Gasteiger charge is 2.12. The topological polar surface area (TPSA) is 59.0 Å². The first kappa shape index (κ1) is 16.1. The Balaban J connectivity index is 2.01. The highest BCUT2D eigenvalue weighted by Crippen LogP contribution is 2.16. The fraction of sp³-hybridized carbons (Fsp3) is 0.412. The van der Waals surface area contributed by atoms with Crippen LogP contribution in [0.2, 0.25) is 0 Å². The first-order valence-corrected chi connectivity index (χ1v) is 7.57. The number of nitrogens with zero attached hydrogens (tertiary/aromatic N) is 2. The fourth-order valence-electron chi connectivity index (χ4n) is 2.50. The molecular weight excluding hydrogens is 276 g/mol. The molecule has 0 spiro atoms. The van der Waals surface area contributed by atoms with Crippen molar-refractivity contribution in [3.8, 4) is 0 Å². The molecule has 0 aliphatic heterocycles. The number of rotatable bonds is 4. The maximum absolute atomic E-state index is 12.1. The van der Waals surface area contributed by atoms with E-state index in [4.69, 9.17) is 0 Å². The molecule has 0 aliphatic carbocycles. The third kappa shape index (κ3) is 3.47. The lowest BCUT2D eigenvalue weighted by atomic mass is 10.1. The summed E-state index contributed by atoms with van der Waals surface area (Å²) in [5.74, 6) is 0. The number of hydrogen-bond acceptors (Lipinski definition) is 2. The van der Waals surface area contributed by atoms with Gasteiger partial charge < -0.3 is 10.6 Å². The van der Waals surface area contributed by atoms with Gasteiger partial charge in [0, 0.05) is 30.0 Å². The molecule has 1 heterocycles. The lowest BCUT2D eigenvalue weighted by Crippen LogP contribution is -2.29. The minimum atomic E-state index is -0.197. The van der Waals surface area contributed by atoms with Gasteiger partial charge in [0.05, 0.1) is 5.69 Å². The summed E-state index contributed by atoms with van der Waals surface area (Å²) in [7, 11) is 0. The van der Waals surface area contributed by atoms with Crippen LogP contribution in [0.25, 0.3) is 0 Å². The monoisotopic (exact) mass is 300 g/mol. The van der Waals surface area contributed by atoms with Gasteiger partial charge in [-0.15, -0.1) is 0 Å². The molecule has 0 aliphatic rings. The highest BCUT2D eigenvalue weighted by atomic mass is 16.2. The van der Waals surface area contributed by atoms with Crippen LogP contribution in [0.5, 0.6) is 0 Å². The molecule has 0 saturated heterocycles. The molecule has 1 aromatic carbocycles. The van der Waals surface area contributed by atoms with Crippen LogP contribution in [0.4, 0.5) is 10.5 Å². The van der Waals surface area contributed by atoms with Gasteiger partial charge in [-0.25, -0.2) is 4.79 Å². The Bertz CT molecular complexity index is 688. The van der Waals surface area contributed by atoms with E-state index >= 15 is 0 Å². The number of benzene rings is 1. The highest BCUT2D eigenvalue weighted by molar-refractivity contribution is 5.90. The second-order valence-electron chi connectivity index (χ2n) is 5.59. The maximum Gasteiger partial charge on any atom is 0.319 e. The van der Waals surface area contributed by atoms with Gasteiger partial charge in [0.15, 0.2) is 0 Å². The van der Waals surface area contributed by atoms with Crippen molar-refractivity contribution in [1.82, 2.24) is 15.1 Å². The van der Waals surface area contributed by atoms with E-state index in [1.165, 1.54) is 0 Å². The van der Waals surface area contributed by atoms with Gasteiger partial charge in [-0.2, -0.15) is 5.10 Å². The van der Waals surface area contributed by atoms with E-state index in [0.717, 1.165) is 40.3 Å². The summed E-state index contributed by atoms with van der Waals surface area (Å²) < 4.78 is 1.95. The van der Waals surface area contributed by atoms with Crippen molar-refractivity contribution in [2.45, 2.75) is 47.7 Å². The first-order valence-electron chi connectivity index (χ1n) is 7.57. The Morgan fingerprint density at radius 2 is 1.95 bits per heavy atom. The number of carbonyl (C=O) groups excluding carboxylic acids is 1. The summed E-state index contributed by atoms with van der Waals surface area (Å²) in [6, 6.07) is 5.81. The molecular formula is C17H24N4O. The van der Waals surface area contributed by atoms with Crippen molar-refractivity contribution in [3.05, 3.63) is 46.3 Å². The molecule has 0 fully saturated rings. The van der Waals surface area contributed by atoms with Gasteiger partial charge in [0.2, 0.25) is 0 Å². The van der Waals surface area contributed by atoms with Gasteiger partial charge in [-0.1, -0.05) is 12.1 Å². The van der Waals surface area contributed by atoms with Crippen molar-refractivity contribution in [2.24, 2.45) is 0 Å². The Labute approximate surface area is 131 Å². The lowest BCUT2D eigenvalue weighted by Gasteiger charge is -2.11. The Kier molecular flexibility index (Phi) is 4.85. The maximum atomic E-state index is 12.1. The molecule has 0 unspecified atom stereocenters. The quantitative estimate of drug-likeness (QED) is 0.908. The summed E-state index contributed by atoms with van der Waals surface area (Å²) in [5.41, 5.74) is 6.16. The van der Waals surface area contributed by atoms with Gasteiger partial charge in [0.25, 0.3) is 0 Å². The Hall–Kier alpha value is -2.30. The zero-order valence-electron chi connectivity index (χ0n) is 13.9. The van der Waals surface area contributed by atoms with Gasteiger partial charge in [0.1, 0.15) is 0 Å². The van der Waals surface area contributed by atoms with Gasteiger partial charge in [-0.05, 0) is 51.8 Å². The largest absolute Gasteiger partial charge is 0.334 e. The number of hydrogen-bond donors (Lipinski definition) is 2. The second kappa shape index (κ2) is 6.64. The minimum Gasteiger partial charge on any atom is -0.334 e. The zero-order chi connectivity index (χ0) is 16.3. The zero-order valence-corrected chi connectivity index (χ0v) is 13.9. The standard InChI is InChI=1S/C17H24N4O/c1-6-21-14(5)15(13(4)20-21)10-18-17(22)19-16-9-11(2)7-8-12(16)3/h7-9H,6,10H2,1-5H3,(H2,18,19,22). The minimum absolute atomic E-state index is 0.197. The van der Waals surface area contributed by atoms with Crippen LogP contribution in [-0.2, 0) is 13.1 Å². The van der Waals surface area contributed by atoms with E-state index in [1.807, 2.05) is 50.6 Å². The van der Waals surface area contributed by atoms with E-state index in [1.54, 1.807) is 0 Å². The van der Waals surface area contributed by atoms with Crippen LogP contribution in [0.1, 0.15) is 35.0 Å². The number of aryl methyl sites for hydroxylation is 4. The summed E-state index contributed by atoms with van der Waals surface area (Å²) in [6.07, 6.45) is 0. The molecule has 0 atom stereocenters. The molecule has 1 aromatic heterocycles. The third-order valence-electron chi connectivity index (χ3n) is 3.90. The van der Waals surface area contributed by atoms with Crippen LogP contribution in [0.15, 0.2) is 18.2 Å². The smallest absolute Gasteiger partial charge is 0.319 e. The van der Waals surface area contributed by atoms with E-state index in [9.17, 15) is 4.79 Å². The second-order valence-corrected chi connectivity index (χ2v) is 5.59. The van der Waals surface area contributed by atoms with Crippen molar-refractivity contribution in [2.75, 3.05) is 5.32 Å². The molecule has 0 saturated carbocycles. The number of amides is 2. The Morgan fingerprint density at radius 1 is 1.23 bits per heavy atom. The van der Waals surface area contributed by atoms with Crippen molar-refractivity contribution in [1.29, 1.82) is 0 Å². The summed E-state index contributed by atoms with van der Waals surface area (Å²) in [4.78, 5) is 12.1. The average molecular weight is 300 g/mol. The van der Waals surface area contributed by atoms with Crippen LogP contribution in [0, 0.1) is 27.7 Å². The van der Waals surface area contributed by atoms with E-state index in [0.29, 0.717) is 6.54 Å². The number of nitrogens with one attached hydrogen (secondary N) is 2. The summed E-state index contributed by atoms with van der Waals surface area (Å²) >= 11 is 0. The Morgan fingerprint density at radius 3 is 2.59 bits per heavy atom. The van der Waals surface area contributed by atoms with Gasteiger partial charge in [-0.3, -0.25) is 4.68 Å². The molecule has 2 aromatic rings. The van der Waals surface area contributed by atoms with Crippen molar-refractivity contribution < 1.29 is 4.79 Å². The third-order valence-corrected chi connectivity index (χ3v) is 3.90. The predicted molar refractivity (Wildman–Crippen MR) is 89.1 cm³/mol. The van der Waals surface area contributed by atoms with Crippen LogP contribution in [-0.4, -0.2) is 15.8 Å². The molecule has 22 heavy (non-hydrogen) atoms.